The molecule has 4 heteroatoms. The molecule has 3 N–H and O–H groups in total. The molecular formula is C12H19N3O. The normalized spacial score (nSPS) is 12.1. The monoisotopic (exact) mass is 221 g/mol. The third-order valence-electron chi connectivity index (χ3n) is 2.45. The number of hydrogen-bond donors (Lipinski definition) is 2. The van der Waals surface area contributed by atoms with Gasteiger partial charge in [-0.25, -0.2) is 0 Å². The molecule has 1 atom stereocenters. The summed E-state index contributed by atoms with van der Waals surface area (Å²) in [5.74, 6) is -0.0975. The van der Waals surface area contributed by atoms with Gasteiger partial charge < -0.3 is 11.1 Å². The Kier molecular flexibility index (Phi) is 5.50. The fraction of sp³-hybridized carbons (Fsp3) is 0.500. The van der Waals surface area contributed by atoms with Crippen molar-refractivity contribution in [3.05, 3.63) is 30.1 Å². The van der Waals surface area contributed by atoms with E-state index in [-0.39, 0.29) is 11.9 Å². The Balaban J connectivity index is 2.49. The topological polar surface area (TPSA) is 68.0 Å². The summed E-state index contributed by atoms with van der Waals surface area (Å²) in [5, 5.41) is 2.91. The molecule has 0 aliphatic carbocycles. The van der Waals surface area contributed by atoms with Crippen molar-refractivity contribution in [3.8, 4) is 0 Å². The Labute approximate surface area is 96.3 Å². The second-order valence-electron chi connectivity index (χ2n) is 3.79. The number of rotatable bonds is 6. The van der Waals surface area contributed by atoms with Gasteiger partial charge in [0.1, 0.15) is 0 Å². The van der Waals surface area contributed by atoms with Gasteiger partial charge in [-0.05, 0) is 18.6 Å². The summed E-state index contributed by atoms with van der Waals surface area (Å²) < 4.78 is 0. The van der Waals surface area contributed by atoms with Gasteiger partial charge in [-0.15, -0.1) is 0 Å². The molecule has 0 aromatic carbocycles. The first-order valence-corrected chi connectivity index (χ1v) is 5.69. The highest BCUT2D eigenvalue weighted by atomic mass is 16.1. The molecule has 1 heterocycles. The van der Waals surface area contributed by atoms with Crippen molar-refractivity contribution < 1.29 is 4.79 Å². The zero-order valence-electron chi connectivity index (χ0n) is 9.65. The predicted octanol–water partition coefficient (Wildman–Crippen LogP) is 1.33. The fourth-order valence-electron chi connectivity index (χ4n) is 1.47. The minimum Gasteiger partial charge on any atom is -0.348 e. The maximum Gasteiger partial charge on any atom is 0.253 e. The molecule has 0 aliphatic rings. The maximum absolute atomic E-state index is 11.8. The van der Waals surface area contributed by atoms with Crippen molar-refractivity contribution in [2.45, 2.75) is 32.2 Å². The highest BCUT2D eigenvalue weighted by Crippen LogP contribution is 2.02. The minimum absolute atomic E-state index is 0.0626. The van der Waals surface area contributed by atoms with Gasteiger partial charge in [-0.2, -0.15) is 0 Å². The zero-order chi connectivity index (χ0) is 11.8. The Morgan fingerprint density at radius 1 is 1.62 bits per heavy atom. The van der Waals surface area contributed by atoms with Gasteiger partial charge in [-0.1, -0.05) is 19.8 Å². The van der Waals surface area contributed by atoms with Crippen molar-refractivity contribution in [3.63, 3.8) is 0 Å². The number of aromatic nitrogens is 1. The van der Waals surface area contributed by atoms with E-state index >= 15 is 0 Å². The van der Waals surface area contributed by atoms with E-state index in [0.29, 0.717) is 12.1 Å². The smallest absolute Gasteiger partial charge is 0.253 e. The summed E-state index contributed by atoms with van der Waals surface area (Å²) in [5.41, 5.74) is 6.19. The average molecular weight is 221 g/mol. The first kappa shape index (κ1) is 12.6. The number of carbonyl (C=O) groups excluding carboxylic acids is 1. The van der Waals surface area contributed by atoms with Gasteiger partial charge in [0.05, 0.1) is 5.56 Å². The quantitative estimate of drug-likeness (QED) is 0.761. The molecule has 0 saturated carbocycles. The van der Waals surface area contributed by atoms with E-state index in [1.165, 1.54) is 0 Å². The number of nitrogens with one attached hydrogen (secondary N) is 1. The van der Waals surface area contributed by atoms with Crippen molar-refractivity contribution in [1.29, 1.82) is 0 Å². The van der Waals surface area contributed by atoms with Crippen LogP contribution >= 0.6 is 0 Å². The lowest BCUT2D eigenvalue weighted by Gasteiger charge is -2.16. The van der Waals surface area contributed by atoms with Crippen molar-refractivity contribution in [2.24, 2.45) is 5.73 Å². The molecule has 0 spiro atoms. The summed E-state index contributed by atoms with van der Waals surface area (Å²) >= 11 is 0. The number of hydrogen-bond acceptors (Lipinski definition) is 3. The number of unbranched alkanes of at least 4 members (excludes halogenated alkanes) is 1. The lowest BCUT2D eigenvalue weighted by Crippen LogP contribution is -2.40. The molecule has 0 bridgehead atoms. The molecule has 1 rings (SSSR count). The van der Waals surface area contributed by atoms with E-state index < -0.39 is 0 Å². The minimum atomic E-state index is -0.0975. The Morgan fingerprint density at radius 2 is 2.44 bits per heavy atom. The van der Waals surface area contributed by atoms with Gasteiger partial charge >= 0.3 is 0 Å². The van der Waals surface area contributed by atoms with Crippen LogP contribution in [0.4, 0.5) is 0 Å². The summed E-state index contributed by atoms with van der Waals surface area (Å²) in [7, 11) is 0. The Bertz CT molecular complexity index is 313. The molecule has 1 aromatic heterocycles. The van der Waals surface area contributed by atoms with Crippen molar-refractivity contribution in [1.82, 2.24) is 10.3 Å². The van der Waals surface area contributed by atoms with Gasteiger partial charge in [0, 0.05) is 25.0 Å². The zero-order valence-corrected chi connectivity index (χ0v) is 9.65. The van der Waals surface area contributed by atoms with E-state index in [4.69, 9.17) is 5.73 Å². The van der Waals surface area contributed by atoms with Gasteiger partial charge in [0.25, 0.3) is 5.91 Å². The molecule has 0 fully saturated rings. The summed E-state index contributed by atoms with van der Waals surface area (Å²) in [4.78, 5) is 15.7. The molecule has 16 heavy (non-hydrogen) atoms. The molecule has 88 valence electrons. The summed E-state index contributed by atoms with van der Waals surface area (Å²) in [6.45, 7) is 2.60. The highest BCUT2D eigenvalue weighted by Gasteiger charge is 2.11. The van der Waals surface area contributed by atoms with Crippen LogP contribution in [0.5, 0.6) is 0 Å². The lowest BCUT2D eigenvalue weighted by atomic mass is 10.1. The first-order chi connectivity index (χ1) is 7.77. The molecule has 1 unspecified atom stereocenters. The highest BCUT2D eigenvalue weighted by molar-refractivity contribution is 5.93. The average Bonchev–Trinajstić information content (AvgIpc) is 2.35. The Hall–Kier alpha value is -1.42. The van der Waals surface area contributed by atoms with Crippen LogP contribution in [0.3, 0.4) is 0 Å². The van der Waals surface area contributed by atoms with Crippen LogP contribution in [0.1, 0.15) is 36.5 Å². The van der Waals surface area contributed by atoms with E-state index in [0.717, 1.165) is 19.3 Å². The second kappa shape index (κ2) is 6.95. The largest absolute Gasteiger partial charge is 0.348 e. The number of carbonyl (C=O) groups is 1. The van der Waals surface area contributed by atoms with E-state index in [2.05, 4.69) is 17.2 Å². The van der Waals surface area contributed by atoms with Crippen LogP contribution in [0.15, 0.2) is 24.5 Å². The maximum atomic E-state index is 11.8. The van der Waals surface area contributed by atoms with Crippen LogP contribution < -0.4 is 11.1 Å². The summed E-state index contributed by atoms with van der Waals surface area (Å²) in [6.07, 6.45) is 6.32. The summed E-state index contributed by atoms with van der Waals surface area (Å²) in [6, 6.07) is 3.56. The van der Waals surface area contributed by atoms with E-state index in [1.54, 1.807) is 24.5 Å². The van der Waals surface area contributed by atoms with Crippen LogP contribution in [0, 0.1) is 0 Å². The molecule has 0 radical (unpaired) electrons. The number of pyridine rings is 1. The first-order valence-electron chi connectivity index (χ1n) is 5.69. The van der Waals surface area contributed by atoms with Gasteiger partial charge in [0.15, 0.2) is 0 Å². The van der Waals surface area contributed by atoms with Gasteiger partial charge in [0.2, 0.25) is 0 Å². The molecule has 0 saturated heterocycles. The van der Waals surface area contributed by atoms with Crippen molar-refractivity contribution in [2.75, 3.05) is 6.54 Å². The third-order valence-corrected chi connectivity index (χ3v) is 2.45. The fourth-order valence-corrected chi connectivity index (χ4v) is 1.47. The van der Waals surface area contributed by atoms with Gasteiger partial charge in [-0.3, -0.25) is 9.78 Å². The molecule has 4 nitrogen and oxygen atoms in total. The van der Waals surface area contributed by atoms with Crippen LogP contribution in [0.25, 0.3) is 0 Å². The molecular weight excluding hydrogens is 202 g/mol. The number of nitrogens with zero attached hydrogens (tertiary/aromatic N) is 1. The molecule has 0 aliphatic heterocycles. The van der Waals surface area contributed by atoms with Crippen molar-refractivity contribution >= 4 is 5.91 Å². The predicted molar refractivity (Wildman–Crippen MR) is 64.1 cm³/mol. The van der Waals surface area contributed by atoms with Crippen LogP contribution in [-0.2, 0) is 0 Å². The number of amides is 1. The lowest BCUT2D eigenvalue weighted by molar-refractivity contribution is 0.0935. The Morgan fingerprint density at radius 3 is 3.00 bits per heavy atom. The third kappa shape index (κ3) is 3.98. The van der Waals surface area contributed by atoms with Crippen LogP contribution in [0.2, 0.25) is 0 Å². The van der Waals surface area contributed by atoms with Crippen LogP contribution in [-0.4, -0.2) is 23.5 Å². The molecule has 1 aromatic rings. The van der Waals surface area contributed by atoms with E-state index in [9.17, 15) is 4.79 Å². The standard InChI is InChI=1S/C12H19N3O/c1-2-3-6-11(8-13)15-12(16)10-5-4-7-14-9-10/h4-5,7,9,11H,2-3,6,8,13H2,1H3,(H,15,16). The van der Waals surface area contributed by atoms with E-state index in [1.807, 2.05) is 0 Å². The molecule has 1 amide bonds. The SMILES string of the molecule is CCCCC(CN)NC(=O)c1cccnc1. The number of nitrogens with two attached hydrogens (primary N) is 1. The second-order valence-corrected chi connectivity index (χ2v) is 3.79.